The van der Waals surface area contributed by atoms with Crippen molar-refractivity contribution < 1.29 is 23.8 Å². The monoisotopic (exact) mass is 448 g/mol. The van der Waals surface area contributed by atoms with Gasteiger partial charge >= 0.3 is 5.97 Å². The fourth-order valence-electron chi connectivity index (χ4n) is 3.33. The maximum atomic E-state index is 12.5. The van der Waals surface area contributed by atoms with Crippen LogP contribution < -0.4 is 10.2 Å². The molecule has 2 aromatic carbocycles. The van der Waals surface area contributed by atoms with Crippen LogP contribution in [0, 0.1) is 5.92 Å². The number of para-hydroxylation sites is 1. The molecule has 4 rings (SSSR count). The molecule has 1 saturated carbocycles. The van der Waals surface area contributed by atoms with E-state index in [1.165, 1.54) is 0 Å². The highest BCUT2D eigenvalue weighted by molar-refractivity contribution is 6.36. The molecule has 1 heterocycles. The van der Waals surface area contributed by atoms with Gasteiger partial charge in [-0.25, -0.2) is 0 Å². The number of fused-ring (bicyclic) bond motifs is 1. The molecule has 30 heavy (non-hydrogen) atoms. The fourth-order valence-corrected chi connectivity index (χ4v) is 3.79. The van der Waals surface area contributed by atoms with E-state index < -0.39 is 5.97 Å². The molecule has 8 heteroatoms. The number of hydrogen-bond acceptors (Lipinski definition) is 5. The lowest BCUT2D eigenvalue weighted by Crippen LogP contribution is -2.36. The molecule has 0 radical (unpaired) electrons. The zero-order valence-corrected chi connectivity index (χ0v) is 17.3. The van der Waals surface area contributed by atoms with Crippen molar-refractivity contribution in [2.45, 2.75) is 18.9 Å². The Morgan fingerprint density at radius 3 is 2.53 bits per heavy atom. The number of carboxylic acids is 1. The average molecular weight is 449 g/mol. The maximum absolute atomic E-state index is 12.5. The molecular weight excluding hydrogens is 431 g/mol. The van der Waals surface area contributed by atoms with Crippen molar-refractivity contribution in [1.82, 2.24) is 0 Å². The second kappa shape index (κ2) is 8.68. The van der Waals surface area contributed by atoms with Crippen LogP contribution in [-0.2, 0) is 9.53 Å². The summed E-state index contributed by atoms with van der Waals surface area (Å²) in [6.07, 6.45) is 1.08. The average Bonchev–Trinajstić information content (AvgIpc) is 2.70. The Morgan fingerprint density at radius 1 is 1.10 bits per heavy atom. The molecule has 0 bridgehead atoms. The summed E-state index contributed by atoms with van der Waals surface area (Å²) in [4.78, 5) is 23.3. The first-order chi connectivity index (χ1) is 14.4. The first-order valence-electron chi connectivity index (χ1n) is 9.42. The van der Waals surface area contributed by atoms with Crippen molar-refractivity contribution in [3.05, 3.63) is 62.7 Å². The molecule has 1 aliphatic rings. The van der Waals surface area contributed by atoms with E-state index in [4.69, 9.17) is 42.2 Å². The van der Waals surface area contributed by atoms with Crippen LogP contribution in [0.4, 0.5) is 0 Å². The van der Waals surface area contributed by atoms with Crippen LogP contribution in [0.3, 0.4) is 0 Å². The second-order valence-corrected chi connectivity index (χ2v) is 7.85. The van der Waals surface area contributed by atoms with Crippen molar-refractivity contribution in [3.63, 3.8) is 0 Å². The topological polar surface area (TPSA) is 86.0 Å². The molecule has 0 saturated heterocycles. The second-order valence-electron chi connectivity index (χ2n) is 7.06. The molecule has 0 atom stereocenters. The van der Waals surface area contributed by atoms with Gasteiger partial charge in [-0.1, -0.05) is 29.3 Å². The highest BCUT2D eigenvalue weighted by Crippen LogP contribution is 2.33. The lowest BCUT2D eigenvalue weighted by atomic mass is 9.82. The molecule has 0 spiro atoms. The Kier molecular flexibility index (Phi) is 5.99. The summed E-state index contributed by atoms with van der Waals surface area (Å²) in [6.45, 7) is 0.720. The fraction of sp³-hybridized carbons (Fsp3) is 0.273. The van der Waals surface area contributed by atoms with Gasteiger partial charge in [0.25, 0.3) is 0 Å². The van der Waals surface area contributed by atoms with Gasteiger partial charge < -0.3 is 19.0 Å². The van der Waals surface area contributed by atoms with Crippen molar-refractivity contribution >= 4 is 40.1 Å². The highest BCUT2D eigenvalue weighted by Gasteiger charge is 2.34. The van der Waals surface area contributed by atoms with Crippen molar-refractivity contribution in [3.8, 4) is 17.1 Å². The van der Waals surface area contributed by atoms with Gasteiger partial charge in [-0.2, -0.15) is 0 Å². The van der Waals surface area contributed by atoms with Gasteiger partial charge in [-0.05, 0) is 49.2 Å². The molecule has 1 aliphatic carbocycles. The Balaban J connectivity index is 1.39. The highest BCUT2D eigenvalue weighted by atomic mass is 35.5. The summed E-state index contributed by atoms with van der Waals surface area (Å²) < 4.78 is 17.1. The Morgan fingerprint density at radius 2 is 1.83 bits per heavy atom. The number of rotatable bonds is 7. The number of carboxylic acid groups (broad SMARTS) is 1. The summed E-state index contributed by atoms with van der Waals surface area (Å²) in [7, 11) is 0. The van der Waals surface area contributed by atoms with E-state index in [9.17, 15) is 9.59 Å². The van der Waals surface area contributed by atoms with Gasteiger partial charge in [-0.3, -0.25) is 9.59 Å². The molecule has 0 amide bonds. The molecule has 0 aliphatic heterocycles. The van der Waals surface area contributed by atoms with Crippen LogP contribution >= 0.6 is 23.2 Å². The van der Waals surface area contributed by atoms with Gasteiger partial charge in [0.2, 0.25) is 5.43 Å². The number of ether oxygens (including phenoxy) is 2. The number of hydrogen-bond donors (Lipinski definition) is 1. The summed E-state index contributed by atoms with van der Waals surface area (Å²) in [6, 6.07) is 11.9. The van der Waals surface area contributed by atoms with Crippen LogP contribution in [0.2, 0.25) is 10.0 Å². The molecule has 3 aromatic rings. The minimum absolute atomic E-state index is 0.00741. The number of aliphatic carboxylic acids is 1. The maximum Gasteiger partial charge on any atom is 0.306 e. The SMILES string of the molecule is O=C(O)C1CC(OCCOc2ccc(-c3oc4c(Cl)cccc4c(=O)c3Cl)cc2)C1. The van der Waals surface area contributed by atoms with Crippen molar-refractivity contribution in [2.75, 3.05) is 13.2 Å². The Hall–Kier alpha value is -2.54. The van der Waals surface area contributed by atoms with Gasteiger partial charge in [0, 0.05) is 5.56 Å². The predicted octanol–water partition coefficient (Wildman–Crippen LogP) is 5.03. The largest absolute Gasteiger partial charge is 0.491 e. The van der Waals surface area contributed by atoms with Gasteiger partial charge in [0.15, 0.2) is 11.3 Å². The van der Waals surface area contributed by atoms with E-state index in [-0.39, 0.29) is 28.2 Å². The van der Waals surface area contributed by atoms with E-state index in [2.05, 4.69) is 0 Å². The normalized spacial score (nSPS) is 18.2. The van der Waals surface area contributed by atoms with Crippen molar-refractivity contribution in [1.29, 1.82) is 0 Å². The molecule has 1 fully saturated rings. The van der Waals surface area contributed by atoms with E-state index >= 15 is 0 Å². The Labute approximate surface area is 181 Å². The molecule has 0 unspecified atom stereocenters. The van der Waals surface area contributed by atoms with Crippen LogP contribution in [0.15, 0.2) is 51.7 Å². The lowest BCUT2D eigenvalue weighted by molar-refractivity contribution is -0.151. The minimum atomic E-state index is -0.768. The lowest BCUT2D eigenvalue weighted by Gasteiger charge is -2.31. The quantitative estimate of drug-likeness (QED) is 0.510. The third-order valence-electron chi connectivity index (χ3n) is 5.08. The minimum Gasteiger partial charge on any atom is -0.491 e. The summed E-state index contributed by atoms with van der Waals surface area (Å²) in [5.41, 5.74) is 0.577. The van der Waals surface area contributed by atoms with Crippen LogP contribution in [0.5, 0.6) is 5.75 Å². The molecule has 1 aromatic heterocycles. The van der Waals surface area contributed by atoms with Gasteiger partial charge in [-0.15, -0.1) is 0 Å². The number of carbonyl (C=O) groups is 1. The molecule has 156 valence electrons. The first kappa shape index (κ1) is 20.7. The number of halogens is 2. The molecule has 1 N–H and O–H groups in total. The van der Waals surface area contributed by atoms with Crippen LogP contribution in [0.1, 0.15) is 12.8 Å². The number of benzene rings is 2. The standard InChI is InChI=1S/C22H18Cl2O6/c23-17-3-1-2-16-19(25)18(24)20(30-21(16)17)12-4-6-14(7-5-12)28-8-9-29-15-10-13(11-15)22(26)27/h1-7,13,15H,8-11H2,(H,26,27). The molecular formula is C22H18Cl2O6. The van der Waals surface area contributed by atoms with Gasteiger partial charge in [0.05, 0.1) is 29.0 Å². The van der Waals surface area contributed by atoms with Crippen molar-refractivity contribution in [2.24, 2.45) is 5.92 Å². The predicted molar refractivity (Wildman–Crippen MR) is 114 cm³/mol. The van der Waals surface area contributed by atoms with Gasteiger partial charge in [0.1, 0.15) is 17.4 Å². The third kappa shape index (κ3) is 4.17. The van der Waals surface area contributed by atoms with E-state index in [1.54, 1.807) is 42.5 Å². The molecule has 6 nitrogen and oxygen atoms in total. The first-order valence-corrected chi connectivity index (χ1v) is 10.2. The summed E-state index contributed by atoms with van der Waals surface area (Å²) in [5.74, 6) is -0.192. The van der Waals surface area contributed by atoms with Crippen LogP contribution in [0.25, 0.3) is 22.3 Å². The summed E-state index contributed by atoms with van der Waals surface area (Å²) >= 11 is 12.4. The smallest absolute Gasteiger partial charge is 0.306 e. The van der Waals surface area contributed by atoms with Crippen LogP contribution in [-0.4, -0.2) is 30.4 Å². The summed E-state index contributed by atoms with van der Waals surface area (Å²) in [5, 5.41) is 9.51. The van der Waals surface area contributed by atoms with E-state index in [0.29, 0.717) is 53.4 Å². The van der Waals surface area contributed by atoms with E-state index in [1.807, 2.05) is 0 Å². The zero-order chi connectivity index (χ0) is 21.3. The Bertz CT molecular complexity index is 1130. The third-order valence-corrected chi connectivity index (χ3v) is 5.72. The zero-order valence-electron chi connectivity index (χ0n) is 15.8. The van der Waals surface area contributed by atoms with E-state index in [0.717, 1.165) is 0 Å².